The number of anilines is 1. The van der Waals surface area contributed by atoms with Crippen molar-refractivity contribution in [3.63, 3.8) is 0 Å². The first kappa shape index (κ1) is 19.5. The van der Waals surface area contributed by atoms with Crippen LogP contribution in [0.2, 0.25) is 0 Å². The van der Waals surface area contributed by atoms with Crippen LogP contribution in [0.25, 0.3) is 0 Å². The number of thiophene rings is 1. The molecule has 2 aromatic heterocycles. The Morgan fingerprint density at radius 1 is 1.25 bits per heavy atom. The number of carbonyl (C=O) groups is 3. The van der Waals surface area contributed by atoms with Gasteiger partial charge in [0.15, 0.2) is 6.61 Å². The molecule has 0 aromatic carbocycles. The lowest BCUT2D eigenvalue weighted by Crippen LogP contribution is -2.21. The molecule has 1 aliphatic carbocycles. The van der Waals surface area contributed by atoms with Crippen molar-refractivity contribution < 1.29 is 33.2 Å². The van der Waals surface area contributed by atoms with Crippen LogP contribution in [0, 0.1) is 10.1 Å². The van der Waals surface area contributed by atoms with Crippen LogP contribution in [-0.4, -0.2) is 36.0 Å². The van der Waals surface area contributed by atoms with E-state index in [1.54, 1.807) is 6.92 Å². The van der Waals surface area contributed by atoms with Gasteiger partial charge >= 0.3 is 17.8 Å². The number of furan rings is 1. The minimum Gasteiger partial charge on any atom is -0.462 e. The van der Waals surface area contributed by atoms with E-state index in [9.17, 15) is 24.5 Å². The van der Waals surface area contributed by atoms with Crippen molar-refractivity contribution in [2.75, 3.05) is 18.5 Å². The quantitative estimate of drug-likeness (QED) is 0.419. The van der Waals surface area contributed by atoms with Crippen LogP contribution >= 0.6 is 11.3 Å². The summed E-state index contributed by atoms with van der Waals surface area (Å²) in [6.45, 7) is 1.27. The number of hydrogen-bond donors (Lipinski definition) is 1. The SMILES string of the molecule is CCOC(=O)c1c(NC(=O)COC(=O)c2ccc([N+](=O)[O-])o2)sc2c1CCC2. The fourth-order valence-electron chi connectivity index (χ4n) is 2.81. The van der Waals surface area contributed by atoms with E-state index in [1.165, 1.54) is 11.3 Å². The molecule has 0 bridgehead atoms. The van der Waals surface area contributed by atoms with Crippen LogP contribution in [0.4, 0.5) is 10.9 Å². The lowest BCUT2D eigenvalue weighted by Gasteiger charge is -2.08. The number of esters is 2. The second-order valence-corrected chi connectivity index (χ2v) is 6.91. The molecule has 0 radical (unpaired) electrons. The van der Waals surface area contributed by atoms with Gasteiger partial charge in [0.25, 0.3) is 5.91 Å². The van der Waals surface area contributed by atoms with Gasteiger partial charge in [0, 0.05) is 4.88 Å². The molecule has 1 aliphatic rings. The largest absolute Gasteiger partial charge is 0.462 e. The van der Waals surface area contributed by atoms with E-state index in [1.807, 2.05) is 0 Å². The van der Waals surface area contributed by atoms with Crippen molar-refractivity contribution in [2.24, 2.45) is 0 Å². The highest BCUT2D eigenvalue weighted by molar-refractivity contribution is 7.17. The van der Waals surface area contributed by atoms with Crippen LogP contribution in [-0.2, 0) is 27.1 Å². The summed E-state index contributed by atoms with van der Waals surface area (Å²) in [6.07, 6.45) is 2.51. The van der Waals surface area contributed by atoms with E-state index < -0.39 is 35.3 Å². The van der Waals surface area contributed by atoms with Gasteiger partial charge in [0.05, 0.1) is 18.2 Å². The number of fused-ring (bicyclic) bond motifs is 1. The average Bonchev–Trinajstić information content (AvgIpc) is 3.35. The highest BCUT2D eigenvalue weighted by Crippen LogP contribution is 2.39. The minimum atomic E-state index is -1.01. The third-order valence-electron chi connectivity index (χ3n) is 3.96. The third-order valence-corrected chi connectivity index (χ3v) is 5.17. The summed E-state index contributed by atoms with van der Waals surface area (Å²) < 4.78 is 14.6. The van der Waals surface area contributed by atoms with Gasteiger partial charge < -0.3 is 19.2 Å². The molecule has 0 saturated heterocycles. The molecule has 0 spiro atoms. The smallest absolute Gasteiger partial charge is 0.433 e. The summed E-state index contributed by atoms with van der Waals surface area (Å²) in [7, 11) is 0. The Hall–Kier alpha value is -3.21. The normalized spacial score (nSPS) is 12.3. The number of rotatable bonds is 7. The third kappa shape index (κ3) is 4.03. The van der Waals surface area contributed by atoms with Crippen molar-refractivity contribution >= 4 is 40.1 Å². The molecule has 11 heteroatoms. The maximum atomic E-state index is 12.3. The summed E-state index contributed by atoms with van der Waals surface area (Å²) in [4.78, 5) is 47.0. The second kappa shape index (κ2) is 8.21. The average molecular weight is 408 g/mol. The molecule has 2 heterocycles. The number of nitro groups is 1. The number of hydrogen-bond acceptors (Lipinski definition) is 9. The summed E-state index contributed by atoms with van der Waals surface area (Å²) >= 11 is 1.30. The van der Waals surface area contributed by atoms with Crippen LogP contribution in [0.5, 0.6) is 0 Å². The highest BCUT2D eigenvalue weighted by atomic mass is 32.1. The predicted octanol–water partition coefficient (Wildman–Crippen LogP) is 2.71. The molecular formula is C17H16N2O8S. The highest BCUT2D eigenvalue weighted by Gasteiger charge is 2.28. The molecule has 2 aromatic rings. The monoisotopic (exact) mass is 408 g/mol. The predicted molar refractivity (Wildman–Crippen MR) is 96.6 cm³/mol. The number of nitrogens with one attached hydrogen (secondary N) is 1. The molecule has 0 fully saturated rings. The molecule has 28 heavy (non-hydrogen) atoms. The fourth-order valence-corrected chi connectivity index (χ4v) is 4.11. The molecule has 0 aliphatic heterocycles. The van der Waals surface area contributed by atoms with E-state index in [2.05, 4.69) is 5.32 Å². The van der Waals surface area contributed by atoms with E-state index in [-0.39, 0.29) is 12.4 Å². The lowest BCUT2D eigenvalue weighted by atomic mass is 10.1. The zero-order valence-corrected chi connectivity index (χ0v) is 15.6. The molecule has 0 atom stereocenters. The van der Waals surface area contributed by atoms with Gasteiger partial charge in [-0.15, -0.1) is 11.3 Å². The van der Waals surface area contributed by atoms with Gasteiger partial charge in [0.1, 0.15) is 9.92 Å². The van der Waals surface area contributed by atoms with Crippen molar-refractivity contribution in [3.8, 4) is 0 Å². The van der Waals surface area contributed by atoms with Crippen LogP contribution in [0.15, 0.2) is 16.5 Å². The zero-order chi connectivity index (χ0) is 20.3. The maximum Gasteiger partial charge on any atom is 0.433 e. The molecule has 1 amide bonds. The van der Waals surface area contributed by atoms with E-state index in [4.69, 9.17) is 13.9 Å². The van der Waals surface area contributed by atoms with Gasteiger partial charge in [-0.1, -0.05) is 0 Å². The maximum absolute atomic E-state index is 12.3. The summed E-state index contributed by atoms with van der Waals surface area (Å²) in [6, 6.07) is 2.09. The Labute approximate surface area is 162 Å². The minimum absolute atomic E-state index is 0.212. The van der Waals surface area contributed by atoms with E-state index in [0.717, 1.165) is 41.8 Å². The number of ether oxygens (including phenoxy) is 2. The van der Waals surface area contributed by atoms with Crippen LogP contribution in [0.1, 0.15) is 44.7 Å². The van der Waals surface area contributed by atoms with Crippen LogP contribution in [0.3, 0.4) is 0 Å². The first-order valence-electron chi connectivity index (χ1n) is 8.43. The summed E-state index contributed by atoms with van der Waals surface area (Å²) in [5.74, 6) is -3.16. The molecule has 3 rings (SSSR count). The number of aryl methyl sites for hydroxylation is 1. The van der Waals surface area contributed by atoms with Crippen molar-refractivity contribution in [2.45, 2.75) is 26.2 Å². The van der Waals surface area contributed by atoms with Crippen LogP contribution < -0.4 is 5.32 Å². The van der Waals surface area contributed by atoms with Crippen molar-refractivity contribution in [1.82, 2.24) is 0 Å². The Bertz CT molecular complexity index is 945. The standard InChI is InChI=1S/C17H16N2O8S/c1-2-25-17(22)14-9-4-3-5-11(9)28-15(14)18-12(20)8-26-16(21)10-6-7-13(27-10)19(23)24/h6-7H,2-5,8H2,1H3,(H,18,20). The van der Waals surface area contributed by atoms with Gasteiger partial charge in [-0.3, -0.25) is 14.9 Å². The van der Waals surface area contributed by atoms with Gasteiger partial charge in [0.2, 0.25) is 5.76 Å². The topological polar surface area (TPSA) is 138 Å². The molecule has 1 N–H and O–H groups in total. The van der Waals surface area contributed by atoms with Gasteiger partial charge in [-0.2, -0.15) is 0 Å². The Balaban J connectivity index is 1.64. The molecule has 0 unspecified atom stereocenters. The van der Waals surface area contributed by atoms with Crippen molar-refractivity contribution in [3.05, 3.63) is 44.0 Å². The lowest BCUT2D eigenvalue weighted by molar-refractivity contribution is -0.402. The molecule has 148 valence electrons. The Morgan fingerprint density at radius 2 is 2.04 bits per heavy atom. The zero-order valence-electron chi connectivity index (χ0n) is 14.8. The second-order valence-electron chi connectivity index (χ2n) is 5.80. The first-order valence-corrected chi connectivity index (χ1v) is 9.25. The summed E-state index contributed by atoms with van der Waals surface area (Å²) in [5, 5.41) is 13.5. The Morgan fingerprint density at radius 3 is 2.71 bits per heavy atom. The first-order chi connectivity index (χ1) is 13.4. The Kier molecular flexibility index (Phi) is 5.73. The van der Waals surface area contributed by atoms with Crippen molar-refractivity contribution in [1.29, 1.82) is 0 Å². The van der Waals surface area contributed by atoms with Gasteiger partial charge in [-0.25, -0.2) is 9.59 Å². The fraction of sp³-hybridized carbons (Fsp3) is 0.353. The van der Waals surface area contributed by atoms with E-state index >= 15 is 0 Å². The molecule has 10 nitrogen and oxygen atoms in total. The summed E-state index contributed by atoms with van der Waals surface area (Å²) in [5.41, 5.74) is 1.24. The van der Waals surface area contributed by atoms with E-state index in [0.29, 0.717) is 10.6 Å². The number of carbonyl (C=O) groups excluding carboxylic acids is 3. The van der Waals surface area contributed by atoms with Gasteiger partial charge in [-0.05, 0) is 37.8 Å². The number of amides is 1. The number of nitrogens with zero attached hydrogens (tertiary/aromatic N) is 1. The molecular weight excluding hydrogens is 392 g/mol. The molecule has 0 saturated carbocycles.